The van der Waals surface area contributed by atoms with Gasteiger partial charge in [0.1, 0.15) is 0 Å². The highest BCUT2D eigenvalue weighted by molar-refractivity contribution is 5.82. The summed E-state index contributed by atoms with van der Waals surface area (Å²) in [4.78, 5) is 13.9. The van der Waals surface area contributed by atoms with Crippen LogP contribution >= 0.6 is 0 Å². The molecular formula is C13H23F3N2O3. The van der Waals surface area contributed by atoms with Gasteiger partial charge in [-0.05, 0) is 12.8 Å². The zero-order chi connectivity index (χ0) is 15.9. The van der Waals surface area contributed by atoms with Crippen LogP contribution in [-0.4, -0.2) is 70.1 Å². The number of nitrogens with one attached hydrogen (secondary N) is 1. The van der Waals surface area contributed by atoms with Gasteiger partial charge in [0, 0.05) is 33.9 Å². The number of ether oxygens (including phenoxy) is 2. The van der Waals surface area contributed by atoms with Gasteiger partial charge in [-0.3, -0.25) is 4.79 Å². The number of methoxy groups -OCH3 is 2. The van der Waals surface area contributed by atoms with Crippen molar-refractivity contribution in [1.82, 2.24) is 10.2 Å². The minimum absolute atomic E-state index is 0.0185. The van der Waals surface area contributed by atoms with Crippen molar-refractivity contribution < 1.29 is 27.4 Å². The first kappa shape index (κ1) is 18.2. The lowest BCUT2D eigenvalue weighted by molar-refractivity contribution is -0.180. The van der Waals surface area contributed by atoms with E-state index in [1.54, 1.807) is 4.90 Å². The number of amides is 1. The number of hydrogen-bond donors (Lipinski definition) is 1. The topological polar surface area (TPSA) is 50.8 Å². The maximum absolute atomic E-state index is 12.6. The summed E-state index contributed by atoms with van der Waals surface area (Å²) in [5.41, 5.74) is 0. The molecule has 0 aromatic carbocycles. The van der Waals surface area contributed by atoms with Crippen molar-refractivity contribution in [1.29, 1.82) is 0 Å². The highest BCUT2D eigenvalue weighted by Crippen LogP contribution is 2.32. The van der Waals surface area contributed by atoms with Gasteiger partial charge in [0.2, 0.25) is 5.91 Å². The molecule has 0 spiro atoms. The molecule has 1 amide bonds. The monoisotopic (exact) mass is 312 g/mol. The highest BCUT2D eigenvalue weighted by atomic mass is 19.4. The predicted octanol–water partition coefficient (Wildman–Crippen LogP) is 1.04. The number of carbonyl (C=O) groups excluding carboxylic acids is 1. The zero-order valence-electron chi connectivity index (χ0n) is 12.4. The molecule has 5 nitrogen and oxygen atoms in total. The van der Waals surface area contributed by atoms with Gasteiger partial charge in [-0.2, -0.15) is 13.2 Å². The molecule has 0 aliphatic carbocycles. The summed E-state index contributed by atoms with van der Waals surface area (Å²) in [5.74, 6) is -1.56. The van der Waals surface area contributed by atoms with Crippen LogP contribution in [0.25, 0.3) is 0 Å². The van der Waals surface area contributed by atoms with Crippen LogP contribution in [0.5, 0.6) is 0 Å². The summed E-state index contributed by atoms with van der Waals surface area (Å²) in [6.07, 6.45) is -4.03. The summed E-state index contributed by atoms with van der Waals surface area (Å²) in [6, 6.07) is -0.558. The fraction of sp³-hybridized carbons (Fsp3) is 0.923. The van der Waals surface area contributed by atoms with Crippen LogP contribution in [0, 0.1) is 5.92 Å². The van der Waals surface area contributed by atoms with Gasteiger partial charge in [0.15, 0.2) is 0 Å². The molecule has 0 aromatic rings. The number of halogens is 3. The maximum Gasteiger partial charge on any atom is 0.393 e. The first-order chi connectivity index (χ1) is 9.90. The molecule has 2 unspecified atom stereocenters. The lowest BCUT2D eigenvalue weighted by atomic mass is 9.93. The number of alkyl halides is 3. The summed E-state index contributed by atoms with van der Waals surface area (Å²) >= 11 is 0. The Hall–Kier alpha value is -0.860. The lowest BCUT2D eigenvalue weighted by Crippen LogP contribution is -2.53. The van der Waals surface area contributed by atoms with Crippen molar-refractivity contribution >= 4 is 5.91 Å². The standard InChI is InChI=1S/C13H23F3N2O3/c1-20-7-5-18(6-8-21-2)12(19)11-4-3-10(9-17-11)13(14,15)16/h10-11,17H,3-9H2,1-2H3. The Morgan fingerprint density at radius 1 is 1.19 bits per heavy atom. The van der Waals surface area contributed by atoms with Gasteiger partial charge in [-0.1, -0.05) is 0 Å². The van der Waals surface area contributed by atoms with E-state index in [1.807, 2.05) is 0 Å². The van der Waals surface area contributed by atoms with Crippen molar-refractivity contribution in [2.75, 3.05) is 47.1 Å². The Kier molecular flexibility index (Phi) is 7.41. The summed E-state index contributed by atoms with van der Waals surface area (Å²) in [5, 5.41) is 2.72. The van der Waals surface area contributed by atoms with E-state index in [-0.39, 0.29) is 25.3 Å². The van der Waals surface area contributed by atoms with E-state index in [0.29, 0.717) is 26.3 Å². The van der Waals surface area contributed by atoms with E-state index in [1.165, 1.54) is 14.2 Å². The van der Waals surface area contributed by atoms with Crippen molar-refractivity contribution in [2.45, 2.75) is 25.1 Å². The minimum Gasteiger partial charge on any atom is -0.383 e. The first-order valence-electron chi connectivity index (χ1n) is 6.97. The van der Waals surface area contributed by atoms with Crippen LogP contribution in [0.2, 0.25) is 0 Å². The number of rotatable bonds is 7. The molecule has 1 rings (SSSR count). The molecule has 21 heavy (non-hydrogen) atoms. The van der Waals surface area contributed by atoms with Crippen LogP contribution in [0.15, 0.2) is 0 Å². The van der Waals surface area contributed by atoms with E-state index in [0.717, 1.165) is 0 Å². The molecule has 1 aliphatic heterocycles. The summed E-state index contributed by atoms with van der Waals surface area (Å²) in [6.45, 7) is 1.36. The van der Waals surface area contributed by atoms with Crippen molar-refractivity contribution in [3.63, 3.8) is 0 Å². The van der Waals surface area contributed by atoms with E-state index in [9.17, 15) is 18.0 Å². The molecular weight excluding hydrogens is 289 g/mol. The number of carbonyl (C=O) groups is 1. The average Bonchev–Trinajstić information content (AvgIpc) is 2.46. The Morgan fingerprint density at radius 3 is 2.14 bits per heavy atom. The second-order valence-corrected chi connectivity index (χ2v) is 5.09. The third-order valence-electron chi connectivity index (χ3n) is 3.62. The lowest BCUT2D eigenvalue weighted by Gasteiger charge is -2.33. The zero-order valence-corrected chi connectivity index (χ0v) is 12.4. The van der Waals surface area contributed by atoms with Gasteiger partial charge in [0.25, 0.3) is 0 Å². The van der Waals surface area contributed by atoms with Gasteiger partial charge < -0.3 is 19.7 Å². The van der Waals surface area contributed by atoms with Gasteiger partial charge >= 0.3 is 6.18 Å². The minimum atomic E-state index is -4.20. The predicted molar refractivity (Wildman–Crippen MR) is 70.9 cm³/mol. The van der Waals surface area contributed by atoms with Crippen LogP contribution in [-0.2, 0) is 14.3 Å². The SMILES string of the molecule is COCCN(CCOC)C(=O)C1CCC(C(F)(F)F)CN1. The smallest absolute Gasteiger partial charge is 0.383 e. The molecule has 0 bridgehead atoms. The fourth-order valence-corrected chi connectivity index (χ4v) is 2.30. The highest BCUT2D eigenvalue weighted by Gasteiger charge is 2.42. The van der Waals surface area contributed by atoms with Crippen molar-refractivity contribution in [2.24, 2.45) is 5.92 Å². The number of piperidine rings is 1. The Balaban J connectivity index is 2.52. The molecule has 0 radical (unpaired) electrons. The summed E-state index contributed by atoms with van der Waals surface area (Å²) < 4.78 is 47.7. The Labute approximate surface area is 122 Å². The van der Waals surface area contributed by atoms with Crippen LogP contribution < -0.4 is 5.32 Å². The molecule has 0 saturated carbocycles. The third kappa shape index (κ3) is 5.80. The van der Waals surface area contributed by atoms with Gasteiger partial charge in [0.05, 0.1) is 25.2 Å². The van der Waals surface area contributed by atoms with Crippen molar-refractivity contribution in [3.8, 4) is 0 Å². The second kappa shape index (κ2) is 8.55. The van der Waals surface area contributed by atoms with E-state index >= 15 is 0 Å². The van der Waals surface area contributed by atoms with Gasteiger partial charge in [-0.15, -0.1) is 0 Å². The molecule has 2 atom stereocenters. The Morgan fingerprint density at radius 2 is 1.76 bits per heavy atom. The Bertz CT molecular complexity index is 310. The molecule has 1 fully saturated rings. The molecule has 124 valence electrons. The fourth-order valence-electron chi connectivity index (χ4n) is 2.30. The normalized spacial score (nSPS) is 23.1. The molecule has 0 aromatic heterocycles. The molecule has 1 aliphatic rings. The van der Waals surface area contributed by atoms with E-state index in [2.05, 4.69) is 5.32 Å². The summed E-state index contributed by atoms with van der Waals surface area (Å²) in [7, 11) is 3.07. The maximum atomic E-state index is 12.6. The quantitative estimate of drug-likeness (QED) is 0.763. The van der Waals surface area contributed by atoms with Crippen LogP contribution in [0.1, 0.15) is 12.8 Å². The molecule has 1 heterocycles. The largest absolute Gasteiger partial charge is 0.393 e. The van der Waals surface area contributed by atoms with E-state index in [4.69, 9.17) is 9.47 Å². The molecule has 1 saturated heterocycles. The van der Waals surface area contributed by atoms with Crippen LogP contribution in [0.3, 0.4) is 0 Å². The average molecular weight is 312 g/mol. The van der Waals surface area contributed by atoms with Crippen LogP contribution in [0.4, 0.5) is 13.2 Å². The number of hydrogen-bond acceptors (Lipinski definition) is 4. The van der Waals surface area contributed by atoms with Gasteiger partial charge in [-0.25, -0.2) is 0 Å². The number of nitrogens with zero attached hydrogens (tertiary/aromatic N) is 1. The second-order valence-electron chi connectivity index (χ2n) is 5.09. The third-order valence-corrected chi connectivity index (χ3v) is 3.62. The molecule has 8 heteroatoms. The first-order valence-corrected chi connectivity index (χ1v) is 6.97. The van der Waals surface area contributed by atoms with E-state index < -0.39 is 18.1 Å². The molecule has 1 N–H and O–H groups in total. The van der Waals surface area contributed by atoms with Crippen molar-refractivity contribution in [3.05, 3.63) is 0 Å².